The van der Waals surface area contributed by atoms with E-state index in [1.54, 1.807) is 6.07 Å². The maximum Gasteiger partial charge on any atom is 1.00 e. The van der Waals surface area contributed by atoms with Crippen molar-refractivity contribution in [3.63, 3.8) is 0 Å². The molecule has 0 saturated carbocycles. The van der Waals surface area contributed by atoms with Crippen molar-refractivity contribution in [1.29, 1.82) is 0 Å². The van der Waals surface area contributed by atoms with Crippen LogP contribution in [0, 0.1) is 0 Å². The van der Waals surface area contributed by atoms with Gasteiger partial charge in [-0.3, -0.25) is 0 Å². The SMILES string of the molecule is COc1cc(OC)cc(OC[B-](F)(F)F)c1.[K+]. The third kappa shape index (κ3) is 6.56. The predicted octanol–water partition coefficient (Wildman–Crippen LogP) is -0.527. The van der Waals surface area contributed by atoms with Crippen molar-refractivity contribution in [3.8, 4) is 17.2 Å². The number of hydrogen-bond donors (Lipinski definition) is 0. The van der Waals surface area contributed by atoms with Crippen LogP contribution in [0.3, 0.4) is 0 Å². The standard InChI is InChI=1S/C9H11BF3O3.K/c1-14-7-3-8(15-2)5-9(4-7)16-6-10(11,12)13;/h3-5H,6H2,1-2H3;/q-1;+1. The zero-order valence-electron chi connectivity index (χ0n) is 9.88. The summed E-state index contributed by atoms with van der Waals surface area (Å²) in [6, 6.07) is 4.28. The number of hydrogen-bond acceptors (Lipinski definition) is 3. The van der Waals surface area contributed by atoms with E-state index in [-0.39, 0.29) is 57.1 Å². The van der Waals surface area contributed by atoms with Gasteiger partial charge < -0.3 is 27.2 Å². The molecule has 8 heteroatoms. The summed E-state index contributed by atoms with van der Waals surface area (Å²) in [7, 11) is 2.82. The van der Waals surface area contributed by atoms with E-state index in [1.807, 2.05) is 0 Å². The topological polar surface area (TPSA) is 27.7 Å². The van der Waals surface area contributed by atoms with Gasteiger partial charge in [0.1, 0.15) is 17.2 Å². The van der Waals surface area contributed by atoms with E-state index >= 15 is 0 Å². The van der Waals surface area contributed by atoms with Crippen LogP contribution >= 0.6 is 0 Å². The predicted molar refractivity (Wildman–Crippen MR) is 54.1 cm³/mol. The van der Waals surface area contributed by atoms with E-state index in [0.29, 0.717) is 11.5 Å². The Balaban J connectivity index is 0.00000256. The molecule has 0 amide bonds. The quantitative estimate of drug-likeness (QED) is 0.676. The molecule has 0 aromatic heterocycles. The fraction of sp³-hybridized carbons (Fsp3) is 0.333. The van der Waals surface area contributed by atoms with Gasteiger partial charge in [-0.05, 0) is 0 Å². The molecule has 0 aliphatic heterocycles. The molecule has 1 aromatic carbocycles. The summed E-state index contributed by atoms with van der Waals surface area (Å²) < 4.78 is 50.3. The summed E-state index contributed by atoms with van der Waals surface area (Å²) in [6.07, 6.45) is 0. The minimum Gasteiger partial charge on any atom is -0.521 e. The maximum atomic E-state index is 12.0. The number of methoxy groups -OCH3 is 2. The van der Waals surface area contributed by atoms with E-state index < -0.39 is 13.5 Å². The van der Waals surface area contributed by atoms with E-state index in [4.69, 9.17) is 9.47 Å². The molecule has 90 valence electrons. The Labute approximate surface area is 140 Å². The van der Waals surface area contributed by atoms with Crippen molar-refractivity contribution < 1.29 is 78.5 Å². The Hall–Kier alpha value is 0.111. The third-order valence-corrected chi connectivity index (χ3v) is 1.76. The van der Waals surface area contributed by atoms with Crippen LogP contribution in [0.2, 0.25) is 0 Å². The molecule has 0 aliphatic carbocycles. The van der Waals surface area contributed by atoms with Gasteiger partial charge in [-0.2, -0.15) is 0 Å². The number of benzene rings is 1. The molecule has 0 fully saturated rings. The third-order valence-electron chi connectivity index (χ3n) is 1.76. The molecule has 0 unspecified atom stereocenters. The molecule has 17 heavy (non-hydrogen) atoms. The number of halogens is 3. The van der Waals surface area contributed by atoms with Crippen molar-refractivity contribution in [1.82, 2.24) is 0 Å². The minimum absolute atomic E-state index is 0. The summed E-state index contributed by atoms with van der Waals surface area (Å²) in [4.78, 5) is 0. The van der Waals surface area contributed by atoms with Crippen LogP contribution in [0.4, 0.5) is 12.9 Å². The smallest absolute Gasteiger partial charge is 0.521 e. The summed E-state index contributed by atoms with van der Waals surface area (Å²) >= 11 is 0. The Bertz CT molecular complexity index is 338. The van der Waals surface area contributed by atoms with E-state index in [1.165, 1.54) is 26.4 Å². The van der Waals surface area contributed by atoms with Crippen molar-refractivity contribution in [2.75, 3.05) is 20.7 Å². The molecule has 0 saturated heterocycles. The van der Waals surface area contributed by atoms with E-state index in [9.17, 15) is 12.9 Å². The first kappa shape index (κ1) is 17.1. The maximum absolute atomic E-state index is 12.0. The van der Waals surface area contributed by atoms with Gasteiger partial charge in [-0.15, -0.1) is 0 Å². The van der Waals surface area contributed by atoms with Crippen molar-refractivity contribution >= 4 is 6.98 Å². The van der Waals surface area contributed by atoms with E-state index in [0.717, 1.165) is 0 Å². The Morgan fingerprint density at radius 3 is 1.71 bits per heavy atom. The van der Waals surface area contributed by atoms with Crippen molar-refractivity contribution in [2.45, 2.75) is 0 Å². The van der Waals surface area contributed by atoms with Gasteiger partial charge in [0.15, 0.2) is 0 Å². The number of rotatable bonds is 5. The van der Waals surface area contributed by atoms with Crippen molar-refractivity contribution in [2.24, 2.45) is 0 Å². The first-order valence-corrected chi connectivity index (χ1v) is 4.51. The molecule has 0 radical (unpaired) electrons. The van der Waals surface area contributed by atoms with E-state index in [2.05, 4.69) is 4.74 Å². The zero-order valence-corrected chi connectivity index (χ0v) is 13.0. The molecule has 0 N–H and O–H groups in total. The van der Waals surface area contributed by atoms with Crippen LogP contribution in [0.15, 0.2) is 18.2 Å². The second-order valence-corrected chi connectivity index (χ2v) is 3.07. The monoisotopic (exact) mass is 274 g/mol. The molecule has 0 aliphatic rings. The number of ether oxygens (including phenoxy) is 3. The van der Waals surface area contributed by atoms with Gasteiger partial charge in [-0.1, -0.05) is 0 Å². The van der Waals surface area contributed by atoms with Gasteiger partial charge >= 0.3 is 58.4 Å². The molecular weight excluding hydrogens is 263 g/mol. The van der Waals surface area contributed by atoms with Crippen LogP contribution in [0.1, 0.15) is 0 Å². The van der Waals surface area contributed by atoms with Crippen LogP contribution in [0.25, 0.3) is 0 Å². The molecule has 3 nitrogen and oxygen atoms in total. The fourth-order valence-electron chi connectivity index (χ4n) is 1.06. The van der Waals surface area contributed by atoms with Gasteiger partial charge in [0.2, 0.25) is 0 Å². The Morgan fingerprint density at radius 1 is 0.941 bits per heavy atom. The summed E-state index contributed by atoms with van der Waals surface area (Å²) in [6.45, 7) is -6.25. The summed E-state index contributed by atoms with van der Waals surface area (Å²) in [5, 5.41) is 0. The second-order valence-electron chi connectivity index (χ2n) is 3.07. The molecule has 0 spiro atoms. The van der Waals surface area contributed by atoms with Crippen LogP contribution in [-0.2, 0) is 0 Å². The fourth-order valence-corrected chi connectivity index (χ4v) is 1.06. The second kappa shape index (κ2) is 7.52. The first-order chi connectivity index (χ1) is 7.44. The van der Waals surface area contributed by atoms with Crippen LogP contribution in [-0.4, -0.2) is 27.7 Å². The Kier molecular flexibility index (Phi) is 7.57. The molecule has 0 bridgehead atoms. The van der Waals surface area contributed by atoms with Crippen LogP contribution in [0.5, 0.6) is 17.2 Å². The molecular formula is C9H11BF3KO3. The zero-order chi connectivity index (χ0) is 12.2. The van der Waals surface area contributed by atoms with Crippen LogP contribution < -0.4 is 65.6 Å². The minimum atomic E-state index is -4.97. The molecule has 0 atom stereocenters. The normalized spacial score (nSPS) is 10.4. The Morgan fingerprint density at radius 2 is 1.35 bits per heavy atom. The average Bonchev–Trinajstić information content (AvgIpc) is 2.25. The molecule has 1 aromatic rings. The van der Waals surface area contributed by atoms with Crippen molar-refractivity contribution in [3.05, 3.63) is 18.2 Å². The van der Waals surface area contributed by atoms with Gasteiger partial charge in [-0.25, -0.2) is 0 Å². The molecule has 1 rings (SSSR count). The largest absolute Gasteiger partial charge is 1.00 e. The van der Waals surface area contributed by atoms with Gasteiger partial charge in [0.05, 0.1) is 20.7 Å². The molecule has 0 heterocycles. The van der Waals surface area contributed by atoms with Gasteiger partial charge in [0.25, 0.3) is 0 Å². The van der Waals surface area contributed by atoms with Gasteiger partial charge in [0, 0.05) is 18.2 Å². The summed E-state index contributed by atoms with van der Waals surface area (Å²) in [5.74, 6) is 0.823. The summed E-state index contributed by atoms with van der Waals surface area (Å²) in [5.41, 5.74) is 0. The average molecular weight is 274 g/mol. The first-order valence-electron chi connectivity index (χ1n) is 4.51.